The van der Waals surface area contributed by atoms with Crippen LogP contribution in [0.3, 0.4) is 0 Å². The summed E-state index contributed by atoms with van der Waals surface area (Å²) in [7, 11) is 0. The van der Waals surface area contributed by atoms with E-state index in [9.17, 15) is 4.79 Å². The van der Waals surface area contributed by atoms with Gasteiger partial charge in [0.25, 0.3) is 0 Å². The van der Waals surface area contributed by atoms with Gasteiger partial charge in [-0.2, -0.15) is 0 Å². The lowest BCUT2D eigenvalue weighted by Gasteiger charge is -2.30. The van der Waals surface area contributed by atoms with Crippen molar-refractivity contribution in [1.82, 2.24) is 0 Å². The molecule has 0 aromatic carbocycles. The van der Waals surface area contributed by atoms with E-state index in [1.807, 2.05) is 20.8 Å². The van der Waals surface area contributed by atoms with Gasteiger partial charge in [-0.25, -0.2) is 0 Å². The Morgan fingerprint density at radius 3 is 1.92 bits per heavy atom. The van der Waals surface area contributed by atoms with Crippen LogP contribution in [-0.2, 0) is 9.53 Å². The molecule has 2 nitrogen and oxygen atoms in total. The average molecular weight is 171 g/mol. The molecular formula is C10H19O2. The molecule has 0 aromatic rings. The van der Waals surface area contributed by atoms with Gasteiger partial charge in [-0.1, -0.05) is 20.8 Å². The SMILES string of the molecule is [CH2]CC(=O)OC(CC)(CC)CC. The van der Waals surface area contributed by atoms with Crippen LogP contribution in [0.15, 0.2) is 0 Å². The smallest absolute Gasteiger partial charge is 0.306 e. The number of rotatable bonds is 5. The van der Waals surface area contributed by atoms with Crippen molar-refractivity contribution in [3.8, 4) is 0 Å². The highest BCUT2D eigenvalue weighted by atomic mass is 16.6. The van der Waals surface area contributed by atoms with Crippen molar-refractivity contribution in [2.75, 3.05) is 0 Å². The van der Waals surface area contributed by atoms with E-state index in [1.54, 1.807) is 0 Å². The lowest BCUT2D eigenvalue weighted by molar-refractivity contribution is -0.160. The molecule has 0 unspecified atom stereocenters. The fourth-order valence-corrected chi connectivity index (χ4v) is 1.26. The van der Waals surface area contributed by atoms with Crippen LogP contribution in [0, 0.1) is 6.92 Å². The first-order chi connectivity index (χ1) is 5.64. The van der Waals surface area contributed by atoms with Gasteiger partial charge in [0.05, 0.1) is 0 Å². The highest BCUT2D eigenvalue weighted by Crippen LogP contribution is 2.24. The predicted octanol–water partition coefficient (Wildman–Crippen LogP) is 2.72. The minimum Gasteiger partial charge on any atom is -0.459 e. The zero-order chi connectivity index (χ0) is 9.61. The van der Waals surface area contributed by atoms with Gasteiger partial charge < -0.3 is 4.74 Å². The molecule has 0 saturated heterocycles. The Bertz CT molecular complexity index is 129. The van der Waals surface area contributed by atoms with Crippen molar-refractivity contribution < 1.29 is 9.53 Å². The topological polar surface area (TPSA) is 26.3 Å². The summed E-state index contributed by atoms with van der Waals surface area (Å²) in [5.74, 6) is -0.194. The van der Waals surface area contributed by atoms with Gasteiger partial charge in [0.1, 0.15) is 5.60 Å². The standard InChI is InChI=1S/C10H19O2/c1-5-9(11)12-10(6-2,7-3)8-4/h1,5-8H2,2-4H3. The van der Waals surface area contributed by atoms with Gasteiger partial charge in [0, 0.05) is 6.42 Å². The molecule has 0 aliphatic rings. The lowest BCUT2D eigenvalue weighted by Crippen LogP contribution is -2.32. The molecule has 0 rings (SSSR count). The van der Waals surface area contributed by atoms with E-state index in [-0.39, 0.29) is 18.0 Å². The number of carbonyl (C=O) groups is 1. The van der Waals surface area contributed by atoms with E-state index < -0.39 is 0 Å². The van der Waals surface area contributed by atoms with Crippen LogP contribution >= 0.6 is 0 Å². The van der Waals surface area contributed by atoms with Crippen molar-refractivity contribution in [3.63, 3.8) is 0 Å². The molecule has 1 radical (unpaired) electrons. The zero-order valence-electron chi connectivity index (χ0n) is 8.35. The average Bonchev–Trinajstić information content (AvgIpc) is 2.14. The summed E-state index contributed by atoms with van der Waals surface area (Å²) in [4.78, 5) is 11.0. The Hall–Kier alpha value is -0.530. The molecule has 0 aromatic heterocycles. The van der Waals surface area contributed by atoms with Crippen LogP contribution in [0.5, 0.6) is 0 Å². The summed E-state index contributed by atoms with van der Waals surface area (Å²) < 4.78 is 5.33. The van der Waals surface area contributed by atoms with Crippen LogP contribution < -0.4 is 0 Å². The van der Waals surface area contributed by atoms with E-state index in [0.717, 1.165) is 19.3 Å². The molecule has 0 saturated carbocycles. The van der Waals surface area contributed by atoms with Crippen LogP contribution in [0.25, 0.3) is 0 Å². The number of carbonyl (C=O) groups excluding carboxylic acids is 1. The maximum Gasteiger partial charge on any atom is 0.306 e. The normalized spacial score (nSPS) is 11.3. The lowest BCUT2D eigenvalue weighted by atomic mass is 9.94. The Labute approximate surface area is 75.3 Å². The molecule has 0 amide bonds. The van der Waals surface area contributed by atoms with Gasteiger partial charge in [-0.3, -0.25) is 4.79 Å². The summed E-state index contributed by atoms with van der Waals surface area (Å²) >= 11 is 0. The molecule has 71 valence electrons. The molecule has 0 aliphatic heterocycles. The first-order valence-corrected chi connectivity index (χ1v) is 4.65. The first-order valence-electron chi connectivity index (χ1n) is 4.65. The van der Waals surface area contributed by atoms with Crippen LogP contribution in [0.2, 0.25) is 0 Å². The molecule has 0 atom stereocenters. The number of hydrogen-bond donors (Lipinski definition) is 0. The van der Waals surface area contributed by atoms with E-state index in [0.29, 0.717) is 0 Å². The molecule has 0 heterocycles. The third-order valence-corrected chi connectivity index (χ3v) is 2.47. The summed E-state index contributed by atoms with van der Waals surface area (Å²) in [6.07, 6.45) is 2.87. The molecule has 0 spiro atoms. The van der Waals surface area contributed by atoms with E-state index in [1.165, 1.54) is 0 Å². The third-order valence-electron chi connectivity index (χ3n) is 2.47. The first kappa shape index (κ1) is 11.5. The minimum atomic E-state index is -0.241. The number of ether oxygens (including phenoxy) is 1. The molecule has 2 heteroatoms. The highest BCUT2D eigenvalue weighted by Gasteiger charge is 2.27. The van der Waals surface area contributed by atoms with Crippen LogP contribution in [0.1, 0.15) is 46.5 Å². The summed E-state index contributed by atoms with van der Waals surface area (Å²) in [5.41, 5.74) is -0.241. The predicted molar refractivity (Wildman–Crippen MR) is 49.7 cm³/mol. The van der Waals surface area contributed by atoms with Gasteiger partial charge >= 0.3 is 5.97 Å². The fourth-order valence-electron chi connectivity index (χ4n) is 1.26. The van der Waals surface area contributed by atoms with Crippen molar-refractivity contribution in [2.45, 2.75) is 52.1 Å². The van der Waals surface area contributed by atoms with Gasteiger partial charge in [0.2, 0.25) is 0 Å². The number of esters is 1. The van der Waals surface area contributed by atoms with E-state index in [2.05, 4.69) is 6.92 Å². The van der Waals surface area contributed by atoms with E-state index in [4.69, 9.17) is 4.74 Å². The van der Waals surface area contributed by atoms with Crippen molar-refractivity contribution in [3.05, 3.63) is 6.92 Å². The second kappa shape index (κ2) is 5.18. The Kier molecular flexibility index (Phi) is 4.95. The van der Waals surface area contributed by atoms with E-state index >= 15 is 0 Å². The van der Waals surface area contributed by atoms with Gasteiger partial charge in [-0.05, 0) is 26.2 Å². The summed E-state index contributed by atoms with van der Waals surface area (Å²) in [5, 5.41) is 0. The zero-order valence-corrected chi connectivity index (χ0v) is 8.35. The molecular weight excluding hydrogens is 152 g/mol. The van der Waals surface area contributed by atoms with Crippen LogP contribution in [-0.4, -0.2) is 11.6 Å². The minimum absolute atomic E-state index is 0.194. The Morgan fingerprint density at radius 1 is 1.25 bits per heavy atom. The summed E-state index contributed by atoms with van der Waals surface area (Å²) in [6, 6.07) is 0. The molecule has 0 aliphatic carbocycles. The quantitative estimate of drug-likeness (QED) is 0.594. The molecule has 0 bridgehead atoms. The second-order valence-electron chi connectivity index (χ2n) is 2.97. The van der Waals surface area contributed by atoms with Crippen LogP contribution in [0.4, 0.5) is 0 Å². The maximum absolute atomic E-state index is 11.0. The monoisotopic (exact) mass is 171 g/mol. The fraction of sp³-hybridized carbons (Fsp3) is 0.800. The van der Waals surface area contributed by atoms with Crippen molar-refractivity contribution in [1.29, 1.82) is 0 Å². The molecule has 0 N–H and O–H groups in total. The molecule has 12 heavy (non-hydrogen) atoms. The number of hydrogen-bond acceptors (Lipinski definition) is 2. The molecule has 0 fully saturated rings. The summed E-state index contributed by atoms with van der Waals surface area (Å²) in [6.45, 7) is 9.63. The Balaban J connectivity index is 4.19. The third kappa shape index (κ3) is 2.84. The highest BCUT2D eigenvalue weighted by molar-refractivity contribution is 5.70. The Morgan fingerprint density at radius 2 is 1.67 bits per heavy atom. The second-order valence-corrected chi connectivity index (χ2v) is 2.97. The van der Waals surface area contributed by atoms with Crippen molar-refractivity contribution in [2.24, 2.45) is 0 Å². The van der Waals surface area contributed by atoms with Gasteiger partial charge in [-0.15, -0.1) is 0 Å². The van der Waals surface area contributed by atoms with Gasteiger partial charge in [0.15, 0.2) is 0 Å². The maximum atomic E-state index is 11.0. The van der Waals surface area contributed by atoms with Crippen molar-refractivity contribution >= 4 is 5.97 Å². The largest absolute Gasteiger partial charge is 0.459 e.